The molecule has 2 saturated heterocycles. The summed E-state index contributed by atoms with van der Waals surface area (Å²) < 4.78 is 5.33. The van der Waals surface area contributed by atoms with E-state index in [1.165, 1.54) is 11.1 Å². The molecule has 0 unspecified atom stereocenters. The van der Waals surface area contributed by atoms with Crippen molar-refractivity contribution in [3.05, 3.63) is 71.8 Å². The lowest BCUT2D eigenvalue weighted by molar-refractivity contribution is -0.0191. The normalized spacial score (nSPS) is 25.3. The fourth-order valence-electron chi connectivity index (χ4n) is 7.79. The minimum Gasteiger partial charge on any atom is -0.465 e. The van der Waals surface area contributed by atoms with Crippen LogP contribution in [-0.2, 0) is 17.8 Å². The Morgan fingerprint density at radius 1 is 0.700 bits per heavy atom. The van der Waals surface area contributed by atoms with Crippen LogP contribution in [0.4, 0.5) is 9.59 Å². The molecule has 2 aliphatic heterocycles. The number of carbonyl (C=O) groups is 2. The molecule has 0 bridgehead atoms. The predicted octanol–water partition coefficient (Wildman–Crippen LogP) is 5.97. The summed E-state index contributed by atoms with van der Waals surface area (Å²) in [5, 5.41) is 12.5. The van der Waals surface area contributed by atoms with Crippen molar-refractivity contribution in [1.82, 2.24) is 29.8 Å². The maximum atomic E-state index is 11.8. The summed E-state index contributed by atoms with van der Waals surface area (Å²) in [6.07, 6.45) is 2.95. The zero-order valence-corrected chi connectivity index (χ0v) is 31.4. The van der Waals surface area contributed by atoms with Crippen molar-refractivity contribution in [1.29, 1.82) is 0 Å². The molecule has 10 heteroatoms. The topological polar surface area (TPSA) is 91.8 Å². The van der Waals surface area contributed by atoms with Crippen molar-refractivity contribution in [3.8, 4) is 0 Å². The van der Waals surface area contributed by atoms with Crippen molar-refractivity contribution in [2.75, 3.05) is 52.4 Å². The van der Waals surface area contributed by atoms with E-state index in [-0.39, 0.29) is 23.7 Å². The van der Waals surface area contributed by atoms with E-state index in [2.05, 4.69) is 85.6 Å². The first-order valence-electron chi connectivity index (χ1n) is 18.8. The lowest BCUT2D eigenvalue weighted by atomic mass is 9.82. The first kappa shape index (κ1) is 38.1. The fraction of sp³-hybridized carbons (Fsp3) is 0.650. The molecule has 2 aromatic rings. The number of hydrogen-bond acceptors (Lipinski definition) is 7. The maximum Gasteiger partial charge on any atom is 0.407 e. The summed E-state index contributed by atoms with van der Waals surface area (Å²) in [5.74, 6) is 0. The molecule has 0 radical (unpaired) electrons. The summed E-state index contributed by atoms with van der Waals surface area (Å²) in [4.78, 5) is 35.2. The van der Waals surface area contributed by atoms with Crippen LogP contribution in [0.2, 0.25) is 0 Å². The van der Waals surface area contributed by atoms with E-state index in [1.807, 2.05) is 41.5 Å². The van der Waals surface area contributed by atoms with Crippen molar-refractivity contribution in [3.63, 3.8) is 0 Å². The number of ether oxygens (including phenoxy) is 1. The standard InChI is InChI=1S/2C20H31N3O2/c1-20(2,3)25-19(24)21-17-13-18(14-17)23-11-9-22(10-12-23)15-16-7-5-4-6-8-16;1-20(2,3)23(19(24)25)18-13-17(14-18)22-11-9-21(10-12-22)15-16-7-5-4-6-8-16/h4-8,17-18H,9-15H2,1-3H3,(H,21,24);4-8,17-18H,9-15H2,1-3H3,(H,24,25). The highest BCUT2D eigenvalue weighted by Crippen LogP contribution is 2.35. The van der Waals surface area contributed by atoms with Crippen LogP contribution in [0, 0.1) is 0 Å². The zero-order chi connectivity index (χ0) is 35.9. The molecule has 10 nitrogen and oxygen atoms in total. The second-order valence-corrected chi connectivity index (χ2v) is 16.7. The van der Waals surface area contributed by atoms with Crippen LogP contribution in [0.15, 0.2) is 60.7 Å². The van der Waals surface area contributed by atoms with Gasteiger partial charge in [-0.05, 0) is 78.4 Å². The van der Waals surface area contributed by atoms with Gasteiger partial charge in [0.25, 0.3) is 0 Å². The summed E-state index contributed by atoms with van der Waals surface area (Å²) in [6, 6.07) is 22.9. The molecular weight excluding hydrogens is 628 g/mol. The molecule has 4 fully saturated rings. The van der Waals surface area contributed by atoms with E-state index >= 15 is 0 Å². The third kappa shape index (κ3) is 11.2. The van der Waals surface area contributed by atoms with Gasteiger partial charge < -0.3 is 20.1 Å². The van der Waals surface area contributed by atoms with Gasteiger partial charge in [-0.1, -0.05) is 60.7 Å². The van der Waals surface area contributed by atoms with Gasteiger partial charge in [0.2, 0.25) is 0 Å². The Hall–Kier alpha value is -3.18. The van der Waals surface area contributed by atoms with E-state index < -0.39 is 11.7 Å². The molecule has 0 aromatic heterocycles. The van der Waals surface area contributed by atoms with Crippen molar-refractivity contribution in [2.24, 2.45) is 0 Å². The summed E-state index contributed by atoms with van der Waals surface area (Å²) in [7, 11) is 0. The number of rotatable bonds is 8. The molecule has 276 valence electrons. The number of nitrogens with one attached hydrogen (secondary N) is 1. The second kappa shape index (κ2) is 16.9. The number of piperazine rings is 2. The van der Waals surface area contributed by atoms with Crippen LogP contribution in [0.25, 0.3) is 0 Å². The van der Waals surface area contributed by atoms with Crippen LogP contribution in [0.1, 0.15) is 78.4 Å². The molecule has 50 heavy (non-hydrogen) atoms. The summed E-state index contributed by atoms with van der Waals surface area (Å²) in [6.45, 7) is 22.6. The van der Waals surface area contributed by atoms with Crippen LogP contribution in [0.5, 0.6) is 0 Å². The van der Waals surface area contributed by atoms with E-state index in [0.717, 1.165) is 91.1 Å². The van der Waals surface area contributed by atoms with E-state index in [1.54, 1.807) is 4.90 Å². The highest BCUT2D eigenvalue weighted by Gasteiger charge is 2.43. The van der Waals surface area contributed by atoms with Crippen LogP contribution in [0.3, 0.4) is 0 Å². The Morgan fingerprint density at radius 2 is 1.12 bits per heavy atom. The third-order valence-corrected chi connectivity index (χ3v) is 10.6. The molecular formula is C40H62N6O4. The highest BCUT2D eigenvalue weighted by molar-refractivity contribution is 5.68. The zero-order valence-electron chi connectivity index (χ0n) is 31.4. The van der Waals surface area contributed by atoms with Gasteiger partial charge in [0.05, 0.1) is 0 Å². The molecule has 6 rings (SSSR count). The molecule has 2 aromatic carbocycles. The van der Waals surface area contributed by atoms with E-state index in [4.69, 9.17) is 4.74 Å². The first-order chi connectivity index (χ1) is 23.7. The monoisotopic (exact) mass is 690 g/mol. The van der Waals surface area contributed by atoms with Crippen LogP contribution >= 0.6 is 0 Å². The average Bonchev–Trinajstić information content (AvgIpc) is 3.01. The summed E-state index contributed by atoms with van der Waals surface area (Å²) in [5.41, 5.74) is 2.01. The Morgan fingerprint density at radius 3 is 1.50 bits per heavy atom. The first-order valence-corrected chi connectivity index (χ1v) is 18.8. The van der Waals surface area contributed by atoms with Gasteiger partial charge in [-0.25, -0.2) is 9.59 Å². The minimum atomic E-state index is -0.788. The molecule has 0 spiro atoms. The summed E-state index contributed by atoms with van der Waals surface area (Å²) >= 11 is 0. The quantitative estimate of drug-likeness (QED) is 0.350. The second-order valence-electron chi connectivity index (χ2n) is 16.7. The smallest absolute Gasteiger partial charge is 0.407 e. The van der Waals surface area contributed by atoms with Gasteiger partial charge in [-0.3, -0.25) is 19.6 Å². The maximum absolute atomic E-state index is 11.8. The van der Waals surface area contributed by atoms with E-state index in [9.17, 15) is 14.7 Å². The number of amides is 2. The molecule has 2 N–H and O–H groups in total. The fourth-order valence-corrected chi connectivity index (χ4v) is 7.79. The van der Waals surface area contributed by atoms with Crippen molar-refractivity contribution in [2.45, 2.75) is 116 Å². The average molecular weight is 691 g/mol. The van der Waals surface area contributed by atoms with Gasteiger partial charge >= 0.3 is 12.2 Å². The number of carboxylic acid groups (broad SMARTS) is 1. The Labute approximate surface area is 300 Å². The van der Waals surface area contributed by atoms with Gasteiger partial charge in [0, 0.05) is 95.2 Å². The lowest BCUT2D eigenvalue weighted by Gasteiger charge is -2.52. The molecule has 2 heterocycles. The number of alkyl carbamates (subject to hydrolysis) is 1. The number of carbonyl (C=O) groups excluding carboxylic acids is 1. The Balaban J connectivity index is 0.000000194. The Kier molecular flexibility index (Phi) is 12.9. The molecule has 4 aliphatic rings. The van der Waals surface area contributed by atoms with Gasteiger partial charge in [-0.2, -0.15) is 0 Å². The van der Waals surface area contributed by atoms with E-state index in [0.29, 0.717) is 12.1 Å². The van der Waals surface area contributed by atoms with Crippen LogP contribution in [-0.4, -0.2) is 129 Å². The Bertz CT molecular complexity index is 1330. The van der Waals surface area contributed by atoms with Crippen molar-refractivity contribution >= 4 is 12.2 Å². The van der Waals surface area contributed by atoms with Crippen LogP contribution < -0.4 is 5.32 Å². The SMILES string of the molecule is CC(C)(C)N(C(=O)O)C1CC(N2CCN(Cc3ccccc3)CC2)C1.CC(C)(C)OC(=O)NC1CC(N2CCN(Cc3ccccc3)CC2)C1. The van der Waals surface area contributed by atoms with Crippen molar-refractivity contribution < 1.29 is 19.4 Å². The number of hydrogen-bond donors (Lipinski definition) is 2. The predicted molar refractivity (Wildman–Crippen MR) is 199 cm³/mol. The van der Waals surface area contributed by atoms with Gasteiger partial charge in [-0.15, -0.1) is 0 Å². The number of benzene rings is 2. The largest absolute Gasteiger partial charge is 0.465 e. The molecule has 2 amide bonds. The molecule has 0 atom stereocenters. The van der Waals surface area contributed by atoms with Gasteiger partial charge in [0.15, 0.2) is 0 Å². The lowest BCUT2D eigenvalue weighted by Crippen LogP contribution is -2.62. The minimum absolute atomic E-state index is 0.171. The number of nitrogens with zero attached hydrogens (tertiary/aromatic N) is 5. The van der Waals surface area contributed by atoms with Gasteiger partial charge in [0.1, 0.15) is 5.60 Å². The highest BCUT2D eigenvalue weighted by atomic mass is 16.6. The molecule has 2 aliphatic carbocycles. The molecule has 2 saturated carbocycles. The third-order valence-electron chi connectivity index (χ3n) is 10.6.